The summed E-state index contributed by atoms with van der Waals surface area (Å²) >= 11 is 0. The summed E-state index contributed by atoms with van der Waals surface area (Å²) in [5.41, 5.74) is 1.89. The van der Waals surface area contributed by atoms with Gasteiger partial charge in [-0.15, -0.1) is 0 Å². The summed E-state index contributed by atoms with van der Waals surface area (Å²) < 4.78 is 27.9. The van der Waals surface area contributed by atoms with Crippen LogP contribution in [0.15, 0.2) is 17.0 Å². The lowest BCUT2D eigenvalue weighted by molar-refractivity contribution is -0.895. The molecule has 1 aromatic rings. The highest BCUT2D eigenvalue weighted by atomic mass is 32.2. The number of amides is 1. The molecule has 1 aromatic carbocycles. The fourth-order valence-electron chi connectivity index (χ4n) is 4.70. The standard InChI is InChI=1S/C21H30N4O3S/c1-16-12-17(2)20(18(3)13-16)29(27,28)25-10-8-24(9-11-25)14-19(26)23-21(15-22)6-4-5-7-21/h12-13H,4-11,14H2,1-3H3,(H,23,26)/p+1. The van der Waals surface area contributed by atoms with Crippen LogP contribution in [0.4, 0.5) is 0 Å². The summed E-state index contributed by atoms with van der Waals surface area (Å²) in [7, 11) is -3.55. The molecule has 0 aromatic heterocycles. The predicted octanol–water partition coefficient (Wildman–Crippen LogP) is 0.454. The van der Waals surface area contributed by atoms with Gasteiger partial charge >= 0.3 is 0 Å². The Morgan fingerprint density at radius 2 is 1.72 bits per heavy atom. The van der Waals surface area contributed by atoms with Crippen LogP contribution in [0.1, 0.15) is 42.4 Å². The monoisotopic (exact) mass is 419 g/mol. The third-order valence-electron chi connectivity index (χ3n) is 6.09. The van der Waals surface area contributed by atoms with Gasteiger partial charge in [0.15, 0.2) is 6.54 Å². The average molecular weight is 420 g/mol. The molecule has 1 amide bonds. The number of hydrogen-bond donors (Lipinski definition) is 2. The Bertz CT molecular complexity index is 899. The van der Waals surface area contributed by atoms with E-state index in [-0.39, 0.29) is 12.5 Å². The van der Waals surface area contributed by atoms with Crippen LogP contribution in [0.25, 0.3) is 0 Å². The number of piperazine rings is 1. The van der Waals surface area contributed by atoms with E-state index in [2.05, 4.69) is 11.4 Å². The first-order chi connectivity index (χ1) is 13.7. The Morgan fingerprint density at radius 3 is 2.24 bits per heavy atom. The Balaban J connectivity index is 1.60. The number of rotatable bonds is 5. The summed E-state index contributed by atoms with van der Waals surface area (Å²) in [6.07, 6.45) is 3.36. The second-order valence-electron chi connectivity index (χ2n) is 8.51. The van der Waals surface area contributed by atoms with Crippen molar-refractivity contribution in [1.82, 2.24) is 9.62 Å². The maximum absolute atomic E-state index is 13.2. The maximum Gasteiger partial charge on any atom is 0.276 e. The number of quaternary nitrogens is 1. The summed E-state index contributed by atoms with van der Waals surface area (Å²) in [5.74, 6) is -0.120. The molecule has 1 saturated heterocycles. The molecule has 1 aliphatic carbocycles. The van der Waals surface area contributed by atoms with Gasteiger partial charge < -0.3 is 10.2 Å². The van der Waals surface area contributed by atoms with Crippen LogP contribution >= 0.6 is 0 Å². The van der Waals surface area contributed by atoms with Crippen LogP contribution < -0.4 is 10.2 Å². The molecular weight excluding hydrogens is 388 g/mol. The molecule has 0 spiro atoms. The molecule has 29 heavy (non-hydrogen) atoms. The molecule has 2 aliphatic rings. The molecule has 158 valence electrons. The van der Waals surface area contributed by atoms with Gasteiger partial charge in [-0.25, -0.2) is 8.42 Å². The van der Waals surface area contributed by atoms with E-state index < -0.39 is 15.6 Å². The number of nitrogens with zero attached hydrogens (tertiary/aromatic N) is 2. The highest BCUT2D eigenvalue weighted by Crippen LogP contribution is 2.28. The number of benzene rings is 1. The number of nitrogens with one attached hydrogen (secondary N) is 2. The Labute approximate surface area is 173 Å². The molecule has 0 bridgehead atoms. The number of carbonyl (C=O) groups is 1. The van der Waals surface area contributed by atoms with Gasteiger partial charge in [0.2, 0.25) is 10.0 Å². The van der Waals surface area contributed by atoms with E-state index in [0.29, 0.717) is 43.9 Å². The minimum absolute atomic E-state index is 0.120. The summed E-state index contributed by atoms with van der Waals surface area (Å²) in [4.78, 5) is 13.9. The third kappa shape index (κ3) is 4.63. The quantitative estimate of drug-likeness (QED) is 0.725. The minimum Gasteiger partial charge on any atom is -0.333 e. The van der Waals surface area contributed by atoms with E-state index in [4.69, 9.17) is 0 Å². The van der Waals surface area contributed by atoms with Gasteiger partial charge in [0.1, 0.15) is 5.54 Å². The number of sulfonamides is 1. The topological polar surface area (TPSA) is 94.7 Å². The van der Waals surface area contributed by atoms with Crippen molar-refractivity contribution in [3.8, 4) is 6.07 Å². The molecule has 2 fully saturated rings. The third-order valence-corrected chi connectivity index (χ3v) is 8.30. The zero-order valence-electron chi connectivity index (χ0n) is 17.5. The maximum atomic E-state index is 13.2. The second-order valence-corrected chi connectivity index (χ2v) is 10.4. The highest BCUT2D eigenvalue weighted by molar-refractivity contribution is 7.89. The Morgan fingerprint density at radius 1 is 1.17 bits per heavy atom. The lowest BCUT2D eigenvalue weighted by Gasteiger charge is -2.32. The number of carbonyl (C=O) groups excluding carboxylic acids is 1. The van der Waals surface area contributed by atoms with Crippen LogP contribution in [0, 0.1) is 32.1 Å². The molecule has 7 nitrogen and oxygen atoms in total. The van der Waals surface area contributed by atoms with Crippen molar-refractivity contribution in [2.45, 2.75) is 56.9 Å². The van der Waals surface area contributed by atoms with E-state index >= 15 is 0 Å². The minimum atomic E-state index is -3.55. The molecular formula is C21H31N4O3S+. The molecule has 2 N–H and O–H groups in total. The fraction of sp³-hybridized carbons (Fsp3) is 0.619. The van der Waals surface area contributed by atoms with Gasteiger partial charge in [-0.1, -0.05) is 17.7 Å². The first-order valence-corrected chi connectivity index (χ1v) is 11.7. The van der Waals surface area contributed by atoms with Gasteiger partial charge in [-0.05, 0) is 57.6 Å². The summed E-state index contributed by atoms with van der Waals surface area (Å²) in [6, 6.07) is 6.08. The normalized spacial score (nSPS) is 20.3. The van der Waals surface area contributed by atoms with E-state index in [1.165, 1.54) is 4.31 Å². The van der Waals surface area contributed by atoms with E-state index in [1.807, 2.05) is 32.9 Å². The van der Waals surface area contributed by atoms with Gasteiger partial charge in [-0.3, -0.25) is 4.79 Å². The fourth-order valence-corrected chi connectivity index (χ4v) is 6.56. The van der Waals surface area contributed by atoms with Crippen molar-refractivity contribution in [1.29, 1.82) is 5.26 Å². The average Bonchev–Trinajstić information content (AvgIpc) is 3.10. The molecule has 8 heteroatoms. The zero-order chi connectivity index (χ0) is 21.2. The smallest absolute Gasteiger partial charge is 0.276 e. The molecule has 3 rings (SSSR count). The van der Waals surface area contributed by atoms with Crippen molar-refractivity contribution in [3.63, 3.8) is 0 Å². The van der Waals surface area contributed by atoms with Gasteiger partial charge in [-0.2, -0.15) is 9.57 Å². The van der Waals surface area contributed by atoms with Crippen molar-refractivity contribution in [3.05, 3.63) is 28.8 Å². The first-order valence-electron chi connectivity index (χ1n) is 10.3. The first kappa shape index (κ1) is 21.8. The lowest BCUT2D eigenvalue weighted by Crippen LogP contribution is -3.16. The molecule has 0 radical (unpaired) electrons. The lowest BCUT2D eigenvalue weighted by atomic mass is 10.00. The van der Waals surface area contributed by atoms with Crippen LogP contribution in [-0.4, -0.2) is 56.9 Å². The van der Waals surface area contributed by atoms with Crippen molar-refractivity contribution in [2.24, 2.45) is 0 Å². The predicted molar refractivity (Wildman–Crippen MR) is 110 cm³/mol. The van der Waals surface area contributed by atoms with E-state index in [9.17, 15) is 18.5 Å². The summed E-state index contributed by atoms with van der Waals surface area (Å²) in [5, 5.41) is 12.3. The SMILES string of the molecule is Cc1cc(C)c(S(=O)(=O)N2CC[NH+](CC(=O)NC3(C#N)CCCC3)CC2)c(C)c1. The number of nitriles is 1. The zero-order valence-corrected chi connectivity index (χ0v) is 18.4. The molecule has 1 heterocycles. The largest absolute Gasteiger partial charge is 0.333 e. The van der Waals surface area contributed by atoms with E-state index in [0.717, 1.165) is 34.4 Å². The Kier molecular flexibility index (Phi) is 6.32. The summed E-state index contributed by atoms with van der Waals surface area (Å²) in [6.45, 7) is 7.86. The van der Waals surface area contributed by atoms with E-state index in [1.54, 1.807) is 0 Å². The Hall–Kier alpha value is -1.95. The van der Waals surface area contributed by atoms with Crippen LogP contribution in [0.2, 0.25) is 0 Å². The number of hydrogen-bond acceptors (Lipinski definition) is 4. The molecule has 1 aliphatic heterocycles. The second kappa shape index (κ2) is 8.42. The van der Waals surface area contributed by atoms with Crippen molar-refractivity contribution < 1.29 is 18.1 Å². The van der Waals surface area contributed by atoms with Crippen LogP contribution in [0.3, 0.4) is 0 Å². The van der Waals surface area contributed by atoms with Gasteiger partial charge in [0.05, 0.1) is 37.1 Å². The molecule has 1 saturated carbocycles. The van der Waals surface area contributed by atoms with Gasteiger partial charge in [0, 0.05) is 0 Å². The van der Waals surface area contributed by atoms with Crippen LogP contribution in [-0.2, 0) is 14.8 Å². The van der Waals surface area contributed by atoms with Crippen LogP contribution in [0.5, 0.6) is 0 Å². The van der Waals surface area contributed by atoms with Crippen molar-refractivity contribution >= 4 is 15.9 Å². The highest BCUT2D eigenvalue weighted by Gasteiger charge is 2.37. The number of aryl methyl sites for hydroxylation is 3. The van der Waals surface area contributed by atoms with Gasteiger partial charge in [0.25, 0.3) is 5.91 Å². The van der Waals surface area contributed by atoms with Crippen molar-refractivity contribution in [2.75, 3.05) is 32.7 Å². The molecule has 0 atom stereocenters. The molecule has 0 unspecified atom stereocenters.